The Labute approximate surface area is 113 Å². The molecule has 6 heteroatoms. The minimum Gasteiger partial charge on any atom is -0.389 e. The maximum absolute atomic E-state index is 13.6. The molecule has 0 radical (unpaired) electrons. The molecule has 1 rings (SSSR count). The van der Waals surface area contributed by atoms with Crippen molar-refractivity contribution >= 4 is 10.0 Å². The van der Waals surface area contributed by atoms with Gasteiger partial charge in [-0.1, -0.05) is 19.9 Å². The van der Waals surface area contributed by atoms with E-state index >= 15 is 0 Å². The zero-order valence-electron chi connectivity index (χ0n) is 11.4. The van der Waals surface area contributed by atoms with Crippen LogP contribution in [0.3, 0.4) is 0 Å². The van der Waals surface area contributed by atoms with Gasteiger partial charge >= 0.3 is 0 Å². The van der Waals surface area contributed by atoms with Gasteiger partial charge in [0, 0.05) is 6.54 Å². The fourth-order valence-electron chi connectivity index (χ4n) is 1.62. The van der Waals surface area contributed by atoms with Gasteiger partial charge in [-0.15, -0.1) is 0 Å². The third kappa shape index (κ3) is 3.99. The van der Waals surface area contributed by atoms with Gasteiger partial charge in [0.2, 0.25) is 10.0 Å². The Morgan fingerprint density at radius 1 is 1.32 bits per heavy atom. The van der Waals surface area contributed by atoms with Gasteiger partial charge in [0.1, 0.15) is 10.7 Å². The molecule has 0 aliphatic carbocycles. The van der Waals surface area contributed by atoms with E-state index < -0.39 is 21.4 Å². The van der Waals surface area contributed by atoms with Gasteiger partial charge < -0.3 is 5.11 Å². The average molecular weight is 289 g/mol. The van der Waals surface area contributed by atoms with Crippen molar-refractivity contribution in [2.75, 3.05) is 6.54 Å². The molecule has 1 aromatic carbocycles. The van der Waals surface area contributed by atoms with E-state index in [1.165, 1.54) is 12.1 Å². The van der Waals surface area contributed by atoms with E-state index in [9.17, 15) is 17.9 Å². The lowest BCUT2D eigenvalue weighted by atomic mass is 9.98. The third-order valence-electron chi connectivity index (χ3n) is 3.28. The molecule has 0 bridgehead atoms. The van der Waals surface area contributed by atoms with Crippen LogP contribution in [0.1, 0.15) is 32.3 Å². The van der Waals surface area contributed by atoms with Crippen LogP contribution in [0.4, 0.5) is 4.39 Å². The van der Waals surface area contributed by atoms with Gasteiger partial charge in [-0.25, -0.2) is 17.5 Å². The predicted octanol–water partition coefficient (Wildman–Crippen LogP) is 1.96. The van der Waals surface area contributed by atoms with Crippen molar-refractivity contribution < 1.29 is 17.9 Å². The SMILES string of the molecule is CCC(O)(CC)CNS(=O)(=O)c1cc(C)ccc1F. The van der Waals surface area contributed by atoms with Crippen LogP contribution in [0, 0.1) is 12.7 Å². The van der Waals surface area contributed by atoms with Crippen LogP contribution >= 0.6 is 0 Å². The van der Waals surface area contributed by atoms with Crippen molar-refractivity contribution in [3.8, 4) is 0 Å². The lowest BCUT2D eigenvalue weighted by Gasteiger charge is -2.25. The molecular formula is C13H20FNO3S. The fraction of sp³-hybridized carbons (Fsp3) is 0.538. The molecular weight excluding hydrogens is 269 g/mol. The summed E-state index contributed by atoms with van der Waals surface area (Å²) < 4.78 is 39.9. The van der Waals surface area contributed by atoms with E-state index in [1.807, 2.05) is 0 Å². The lowest BCUT2D eigenvalue weighted by Crippen LogP contribution is -2.42. The Balaban J connectivity index is 2.96. The molecule has 0 fully saturated rings. The fourth-order valence-corrected chi connectivity index (χ4v) is 2.90. The Morgan fingerprint density at radius 2 is 1.89 bits per heavy atom. The van der Waals surface area contributed by atoms with E-state index in [2.05, 4.69) is 4.72 Å². The summed E-state index contributed by atoms with van der Waals surface area (Å²) in [6.45, 7) is 5.10. The summed E-state index contributed by atoms with van der Waals surface area (Å²) in [5, 5.41) is 10.0. The van der Waals surface area contributed by atoms with E-state index in [0.717, 1.165) is 6.07 Å². The van der Waals surface area contributed by atoms with Crippen molar-refractivity contribution in [2.45, 2.75) is 44.1 Å². The monoisotopic (exact) mass is 289 g/mol. The van der Waals surface area contributed by atoms with Crippen LogP contribution in [-0.2, 0) is 10.0 Å². The van der Waals surface area contributed by atoms with Crippen molar-refractivity contribution in [2.24, 2.45) is 0 Å². The summed E-state index contributed by atoms with van der Waals surface area (Å²) in [5.74, 6) is -0.797. The number of halogens is 1. The first kappa shape index (κ1) is 16.1. The largest absolute Gasteiger partial charge is 0.389 e. The Kier molecular flexibility index (Phi) is 5.06. The second-order valence-corrected chi connectivity index (χ2v) is 6.43. The standard InChI is InChI=1S/C13H20FNO3S/c1-4-13(16,5-2)9-15-19(17,18)12-8-10(3)6-7-11(12)14/h6-8,15-16H,4-5,9H2,1-3H3. The van der Waals surface area contributed by atoms with Gasteiger partial charge in [0.05, 0.1) is 5.60 Å². The minimum atomic E-state index is -3.95. The number of aryl methyl sites for hydroxylation is 1. The number of sulfonamides is 1. The maximum Gasteiger partial charge on any atom is 0.243 e. The molecule has 0 amide bonds. The summed E-state index contributed by atoms with van der Waals surface area (Å²) in [4.78, 5) is -0.387. The highest BCUT2D eigenvalue weighted by atomic mass is 32.2. The molecule has 19 heavy (non-hydrogen) atoms. The summed E-state index contributed by atoms with van der Waals surface area (Å²) in [5.41, 5.74) is -0.448. The molecule has 0 aromatic heterocycles. The molecule has 0 aliphatic heterocycles. The highest BCUT2D eigenvalue weighted by molar-refractivity contribution is 7.89. The van der Waals surface area contributed by atoms with Gasteiger partial charge in [0.15, 0.2) is 0 Å². The van der Waals surface area contributed by atoms with Crippen LogP contribution < -0.4 is 4.72 Å². The van der Waals surface area contributed by atoms with Crippen molar-refractivity contribution in [3.63, 3.8) is 0 Å². The number of hydrogen-bond donors (Lipinski definition) is 2. The van der Waals surface area contributed by atoms with Gasteiger partial charge in [-0.3, -0.25) is 0 Å². The number of rotatable bonds is 6. The molecule has 108 valence electrons. The second kappa shape index (κ2) is 5.98. The van der Waals surface area contributed by atoms with E-state index in [0.29, 0.717) is 18.4 Å². The summed E-state index contributed by atoms with van der Waals surface area (Å²) in [6.07, 6.45) is 0.838. The molecule has 0 saturated carbocycles. The zero-order chi connectivity index (χ0) is 14.7. The topological polar surface area (TPSA) is 66.4 Å². The molecule has 0 spiro atoms. The molecule has 0 saturated heterocycles. The number of hydrogen-bond acceptors (Lipinski definition) is 3. The van der Waals surface area contributed by atoms with Crippen LogP contribution in [-0.4, -0.2) is 25.7 Å². The minimum absolute atomic E-state index is 0.129. The molecule has 0 aliphatic rings. The van der Waals surface area contributed by atoms with Crippen LogP contribution in [0.2, 0.25) is 0 Å². The number of aliphatic hydroxyl groups is 1. The van der Waals surface area contributed by atoms with Crippen LogP contribution in [0.25, 0.3) is 0 Å². The molecule has 0 unspecified atom stereocenters. The summed E-state index contributed by atoms with van der Waals surface area (Å²) >= 11 is 0. The predicted molar refractivity (Wildman–Crippen MR) is 71.9 cm³/mol. The van der Waals surface area contributed by atoms with Crippen LogP contribution in [0.5, 0.6) is 0 Å². The van der Waals surface area contributed by atoms with E-state index in [-0.39, 0.29) is 11.4 Å². The molecule has 2 N–H and O–H groups in total. The highest BCUT2D eigenvalue weighted by Crippen LogP contribution is 2.18. The van der Waals surface area contributed by atoms with Crippen LogP contribution in [0.15, 0.2) is 23.1 Å². The van der Waals surface area contributed by atoms with Crippen molar-refractivity contribution in [3.05, 3.63) is 29.6 Å². The third-order valence-corrected chi connectivity index (χ3v) is 4.70. The summed E-state index contributed by atoms with van der Waals surface area (Å²) in [7, 11) is -3.95. The Hall–Kier alpha value is -0.980. The normalized spacial score (nSPS) is 12.7. The van der Waals surface area contributed by atoms with Gasteiger partial charge in [0.25, 0.3) is 0 Å². The van der Waals surface area contributed by atoms with Gasteiger partial charge in [-0.2, -0.15) is 0 Å². The quantitative estimate of drug-likeness (QED) is 0.841. The Morgan fingerprint density at radius 3 is 2.42 bits per heavy atom. The van der Waals surface area contributed by atoms with E-state index in [4.69, 9.17) is 0 Å². The molecule has 0 heterocycles. The summed E-state index contributed by atoms with van der Waals surface area (Å²) in [6, 6.07) is 3.90. The molecule has 0 atom stereocenters. The number of nitrogens with one attached hydrogen (secondary N) is 1. The number of benzene rings is 1. The highest BCUT2D eigenvalue weighted by Gasteiger charge is 2.26. The first-order chi connectivity index (χ1) is 8.74. The zero-order valence-corrected chi connectivity index (χ0v) is 12.2. The lowest BCUT2D eigenvalue weighted by molar-refractivity contribution is 0.0377. The Bertz CT molecular complexity index is 539. The second-order valence-electron chi connectivity index (χ2n) is 4.69. The smallest absolute Gasteiger partial charge is 0.243 e. The van der Waals surface area contributed by atoms with E-state index in [1.54, 1.807) is 20.8 Å². The molecule has 1 aromatic rings. The first-order valence-corrected chi connectivity index (χ1v) is 7.70. The van der Waals surface area contributed by atoms with Crippen molar-refractivity contribution in [1.29, 1.82) is 0 Å². The average Bonchev–Trinajstić information content (AvgIpc) is 2.39. The molecule has 4 nitrogen and oxygen atoms in total. The van der Waals surface area contributed by atoms with Gasteiger partial charge in [-0.05, 0) is 37.5 Å². The maximum atomic E-state index is 13.6. The first-order valence-electron chi connectivity index (χ1n) is 6.22. The van der Waals surface area contributed by atoms with Crippen molar-refractivity contribution in [1.82, 2.24) is 4.72 Å².